The molecule has 0 spiro atoms. The first kappa shape index (κ1) is 14.1. The second-order valence-corrected chi connectivity index (χ2v) is 5.75. The average molecular weight is 336 g/mol. The van der Waals surface area contributed by atoms with E-state index in [2.05, 4.69) is 38.6 Å². The SMILES string of the molecule is C#CCOc1ccccc1CNCc1sccc1Br. The van der Waals surface area contributed by atoms with Crippen LogP contribution >= 0.6 is 27.3 Å². The summed E-state index contributed by atoms with van der Waals surface area (Å²) in [4.78, 5) is 1.29. The molecule has 1 heterocycles. The van der Waals surface area contributed by atoms with Crippen molar-refractivity contribution in [1.82, 2.24) is 5.32 Å². The van der Waals surface area contributed by atoms with Crippen molar-refractivity contribution in [3.8, 4) is 18.1 Å². The summed E-state index contributed by atoms with van der Waals surface area (Å²) in [5, 5.41) is 5.48. The molecule has 1 N–H and O–H groups in total. The highest BCUT2D eigenvalue weighted by molar-refractivity contribution is 9.10. The summed E-state index contributed by atoms with van der Waals surface area (Å²) in [6, 6.07) is 10.00. The van der Waals surface area contributed by atoms with Crippen molar-refractivity contribution < 1.29 is 4.74 Å². The minimum Gasteiger partial charge on any atom is -0.481 e. The van der Waals surface area contributed by atoms with E-state index in [1.807, 2.05) is 24.3 Å². The standard InChI is InChI=1S/C15H14BrNOS/c1-2-8-18-14-6-4-3-5-12(14)10-17-11-15-13(16)7-9-19-15/h1,3-7,9,17H,8,10-11H2. The van der Waals surface area contributed by atoms with Gasteiger partial charge in [-0.2, -0.15) is 0 Å². The van der Waals surface area contributed by atoms with Gasteiger partial charge in [-0.3, -0.25) is 0 Å². The fourth-order valence-corrected chi connectivity index (χ4v) is 3.13. The highest BCUT2D eigenvalue weighted by atomic mass is 79.9. The van der Waals surface area contributed by atoms with E-state index in [0.717, 1.165) is 28.9 Å². The number of ether oxygens (including phenoxy) is 1. The average Bonchev–Trinajstić information content (AvgIpc) is 2.83. The first-order chi connectivity index (χ1) is 9.31. The van der Waals surface area contributed by atoms with Gasteiger partial charge in [-0.25, -0.2) is 0 Å². The predicted molar refractivity (Wildman–Crippen MR) is 83.3 cm³/mol. The van der Waals surface area contributed by atoms with Crippen LogP contribution in [0.15, 0.2) is 40.2 Å². The van der Waals surface area contributed by atoms with E-state index in [-0.39, 0.29) is 0 Å². The lowest BCUT2D eigenvalue weighted by Gasteiger charge is -2.10. The summed E-state index contributed by atoms with van der Waals surface area (Å²) < 4.78 is 6.67. The van der Waals surface area contributed by atoms with Gasteiger partial charge < -0.3 is 10.1 Å². The quantitative estimate of drug-likeness (QED) is 0.810. The molecule has 2 nitrogen and oxygen atoms in total. The minimum atomic E-state index is 0.299. The van der Waals surface area contributed by atoms with Gasteiger partial charge in [0.25, 0.3) is 0 Å². The van der Waals surface area contributed by atoms with Crippen LogP contribution in [0.25, 0.3) is 0 Å². The third-order valence-corrected chi connectivity index (χ3v) is 4.50. The molecule has 19 heavy (non-hydrogen) atoms. The van der Waals surface area contributed by atoms with Gasteiger partial charge in [0.15, 0.2) is 0 Å². The Kier molecular flexibility index (Phi) is 5.46. The van der Waals surface area contributed by atoms with Crippen LogP contribution in [0.3, 0.4) is 0 Å². The Bertz CT molecular complexity index is 574. The van der Waals surface area contributed by atoms with Crippen LogP contribution in [0.4, 0.5) is 0 Å². The van der Waals surface area contributed by atoms with E-state index < -0.39 is 0 Å². The van der Waals surface area contributed by atoms with E-state index in [1.165, 1.54) is 4.88 Å². The molecule has 0 aliphatic carbocycles. The lowest BCUT2D eigenvalue weighted by atomic mass is 10.2. The molecular formula is C15H14BrNOS. The molecule has 2 rings (SSSR count). The maximum atomic E-state index is 5.52. The Morgan fingerprint density at radius 2 is 2.11 bits per heavy atom. The van der Waals surface area contributed by atoms with Crippen LogP contribution < -0.4 is 10.1 Å². The van der Waals surface area contributed by atoms with Crippen molar-refractivity contribution in [2.75, 3.05) is 6.61 Å². The van der Waals surface area contributed by atoms with E-state index in [4.69, 9.17) is 11.2 Å². The van der Waals surface area contributed by atoms with Crippen molar-refractivity contribution >= 4 is 27.3 Å². The molecule has 1 aromatic carbocycles. The summed E-state index contributed by atoms with van der Waals surface area (Å²) in [6.45, 7) is 1.89. The van der Waals surface area contributed by atoms with Gasteiger partial charge in [-0.1, -0.05) is 24.1 Å². The lowest BCUT2D eigenvalue weighted by molar-refractivity contribution is 0.365. The Morgan fingerprint density at radius 3 is 2.84 bits per heavy atom. The molecule has 0 aliphatic rings. The second kappa shape index (κ2) is 7.34. The number of benzene rings is 1. The molecule has 1 aromatic heterocycles. The highest BCUT2D eigenvalue weighted by Crippen LogP contribution is 2.23. The molecule has 4 heteroatoms. The van der Waals surface area contributed by atoms with Gasteiger partial charge in [0, 0.05) is 28.0 Å². The molecule has 2 aromatic rings. The van der Waals surface area contributed by atoms with Crippen LogP contribution in [0.2, 0.25) is 0 Å². The lowest BCUT2D eigenvalue weighted by Crippen LogP contribution is -2.13. The summed E-state index contributed by atoms with van der Waals surface area (Å²) in [7, 11) is 0. The molecule has 0 fully saturated rings. The number of nitrogens with one attached hydrogen (secondary N) is 1. The van der Waals surface area contributed by atoms with Crippen molar-refractivity contribution in [1.29, 1.82) is 0 Å². The zero-order chi connectivity index (χ0) is 13.5. The van der Waals surface area contributed by atoms with Crippen LogP contribution in [0, 0.1) is 12.3 Å². The highest BCUT2D eigenvalue weighted by Gasteiger charge is 2.04. The summed E-state index contributed by atoms with van der Waals surface area (Å²) in [6.07, 6.45) is 5.21. The predicted octanol–water partition coefficient (Wildman–Crippen LogP) is 3.81. The third kappa shape index (κ3) is 4.10. The third-order valence-electron chi connectivity index (χ3n) is 2.58. The first-order valence-corrected chi connectivity index (χ1v) is 7.55. The first-order valence-electron chi connectivity index (χ1n) is 5.88. The fraction of sp³-hybridized carbons (Fsp3) is 0.200. The molecular weight excluding hydrogens is 322 g/mol. The number of rotatable bonds is 6. The number of para-hydroxylation sites is 1. The van der Waals surface area contributed by atoms with E-state index in [0.29, 0.717) is 6.61 Å². The molecule has 0 atom stereocenters. The molecule has 0 aliphatic heterocycles. The van der Waals surface area contributed by atoms with Crippen LogP contribution in [0.1, 0.15) is 10.4 Å². The Labute approximate surface area is 125 Å². The van der Waals surface area contributed by atoms with Crippen molar-refractivity contribution in [3.05, 3.63) is 50.6 Å². The zero-order valence-electron chi connectivity index (χ0n) is 10.4. The van der Waals surface area contributed by atoms with E-state index in [9.17, 15) is 0 Å². The fourth-order valence-electron chi connectivity index (χ4n) is 1.67. The van der Waals surface area contributed by atoms with Crippen LogP contribution in [-0.4, -0.2) is 6.61 Å². The Morgan fingerprint density at radius 1 is 1.26 bits per heavy atom. The number of terminal acetylenes is 1. The molecule has 0 radical (unpaired) electrons. The second-order valence-electron chi connectivity index (χ2n) is 3.90. The van der Waals surface area contributed by atoms with Crippen molar-refractivity contribution in [2.45, 2.75) is 13.1 Å². The Hall–Kier alpha value is -1.28. The van der Waals surface area contributed by atoms with Gasteiger partial charge in [0.1, 0.15) is 12.4 Å². The van der Waals surface area contributed by atoms with Gasteiger partial charge in [-0.15, -0.1) is 17.8 Å². The van der Waals surface area contributed by atoms with Crippen LogP contribution in [-0.2, 0) is 13.1 Å². The van der Waals surface area contributed by atoms with Crippen molar-refractivity contribution in [2.24, 2.45) is 0 Å². The van der Waals surface area contributed by atoms with Gasteiger partial charge >= 0.3 is 0 Å². The number of halogens is 1. The summed E-state index contributed by atoms with van der Waals surface area (Å²) in [5.41, 5.74) is 1.12. The Balaban J connectivity index is 1.92. The molecule has 0 unspecified atom stereocenters. The molecule has 0 saturated heterocycles. The summed E-state index contributed by atoms with van der Waals surface area (Å²) in [5.74, 6) is 3.33. The van der Waals surface area contributed by atoms with E-state index >= 15 is 0 Å². The maximum Gasteiger partial charge on any atom is 0.148 e. The van der Waals surface area contributed by atoms with Gasteiger partial charge in [-0.05, 0) is 33.4 Å². The largest absolute Gasteiger partial charge is 0.481 e. The number of hydrogen-bond donors (Lipinski definition) is 1. The topological polar surface area (TPSA) is 21.3 Å². The van der Waals surface area contributed by atoms with E-state index in [1.54, 1.807) is 11.3 Å². The van der Waals surface area contributed by atoms with Gasteiger partial charge in [0.2, 0.25) is 0 Å². The monoisotopic (exact) mass is 335 g/mol. The number of hydrogen-bond acceptors (Lipinski definition) is 3. The molecule has 0 amide bonds. The molecule has 98 valence electrons. The summed E-state index contributed by atoms with van der Waals surface area (Å²) >= 11 is 5.26. The van der Waals surface area contributed by atoms with Gasteiger partial charge in [0.05, 0.1) is 0 Å². The normalized spacial score (nSPS) is 10.1. The smallest absolute Gasteiger partial charge is 0.148 e. The molecule has 0 saturated carbocycles. The maximum absolute atomic E-state index is 5.52. The number of thiophene rings is 1. The zero-order valence-corrected chi connectivity index (χ0v) is 12.8. The van der Waals surface area contributed by atoms with Crippen LogP contribution in [0.5, 0.6) is 5.75 Å². The molecule has 0 bridgehead atoms. The minimum absolute atomic E-state index is 0.299. The van der Waals surface area contributed by atoms with Crippen molar-refractivity contribution in [3.63, 3.8) is 0 Å².